The first-order valence-corrected chi connectivity index (χ1v) is 2.85. The van der Waals surface area contributed by atoms with Crippen molar-refractivity contribution < 1.29 is 19.4 Å². The molecule has 0 fully saturated rings. The topological polar surface area (TPSA) is 75.6 Å². The van der Waals surface area contributed by atoms with Crippen LogP contribution >= 0.6 is 0 Å². The highest BCUT2D eigenvalue weighted by Gasteiger charge is 2.03. The molecule has 0 unspecified atom stereocenters. The first-order valence-electron chi connectivity index (χ1n) is 2.85. The van der Waals surface area contributed by atoms with Gasteiger partial charge in [0.1, 0.15) is 6.54 Å². The van der Waals surface area contributed by atoms with Crippen molar-refractivity contribution in [2.75, 3.05) is 6.54 Å². The molecule has 0 bridgehead atoms. The van der Waals surface area contributed by atoms with E-state index in [9.17, 15) is 9.59 Å². The Morgan fingerprint density at radius 1 is 1.64 bits per heavy atom. The predicted molar refractivity (Wildman–Crippen MR) is 36.9 cm³/mol. The Hall–Kier alpha value is -1.52. The second kappa shape index (κ2) is 4.32. The molecular formula is C6H9NO4. The number of ether oxygens (including phenoxy) is 1. The second-order valence-electron chi connectivity index (χ2n) is 1.84. The molecular weight excluding hydrogens is 150 g/mol. The van der Waals surface area contributed by atoms with Crippen LogP contribution in [0, 0.1) is 0 Å². The molecule has 62 valence electrons. The smallest absolute Gasteiger partial charge is 0.412 e. The summed E-state index contributed by atoms with van der Waals surface area (Å²) in [6.07, 6.45) is -0.806. The summed E-state index contributed by atoms with van der Waals surface area (Å²) in [6.45, 7) is 4.33. The monoisotopic (exact) mass is 159 g/mol. The van der Waals surface area contributed by atoms with Crippen molar-refractivity contribution in [1.29, 1.82) is 0 Å². The third-order valence-electron chi connectivity index (χ3n) is 0.651. The zero-order valence-corrected chi connectivity index (χ0v) is 6.09. The molecule has 0 aliphatic heterocycles. The Morgan fingerprint density at radius 2 is 2.18 bits per heavy atom. The van der Waals surface area contributed by atoms with Crippen molar-refractivity contribution in [3.05, 3.63) is 12.3 Å². The summed E-state index contributed by atoms with van der Waals surface area (Å²) in [5.41, 5.74) is 0. The van der Waals surface area contributed by atoms with E-state index < -0.39 is 18.6 Å². The van der Waals surface area contributed by atoms with E-state index in [2.05, 4.69) is 11.3 Å². The molecule has 0 aliphatic rings. The zero-order chi connectivity index (χ0) is 8.85. The third-order valence-corrected chi connectivity index (χ3v) is 0.651. The molecule has 0 aromatic heterocycles. The number of allylic oxidation sites excluding steroid dienone is 1. The van der Waals surface area contributed by atoms with Gasteiger partial charge in [-0.15, -0.1) is 0 Å². The van der Waals surface area contributed by atoms with E-state index in [-0.39, 0.29) is 5.76 Å². The summed E-state index contributed by atoms with van der Waals surface area (Å²) in [5, 5.41) is 10.1. The highest BCUT2D eigenvalue weighted by atomic mass is 16.6. The first-order chi connectivity index (χ1) is 5.02. The van der Waals surface area contributed by atoms with E-state index in [0.29, 0.717) is 0 Å². The lowest BCUT2D eigenvalue weighted by atomic mass is 10.6. The van der Waals surface area contributed by atoms with Crippen LogP contribution in [0.3, 0.4) is 0 Å². The van der Waals surface area contributed by atoms with Gasteiger partial charge in [-0.05, 0) is 6.92 Å². The van der Waals surface area contributed by atoms with E-state index >= 15 is 0 Å². The van der Waals surface area contributed by atoms with Gasteiger partial charge in [0.25, 0.3) is 0 Å². The largest absolute Gasteiger partial charge is 0.480 e. The highest BCUT2D eigenvalue weighted by Crippen LogP contribution is 1.89. The van der Waals surface area contributed by atoms with Gasteiger partial charge in [-0.25, -0.2) is 4.79 Å². The van der Waals surface area contributed by atoms with Crippen LogP contribution in [0.15, 0.2) is 12.3 Å². The van der Waals surface area contributed by atoms with Crippen molar-refractivity contribution in [1.82, 2.24) is 5.32 Å². The molecule has 11 heavy (non-hydrogen) atoms. The van der Waals surface area contributed by atoms with Crippen LogP contribution in [-0.4, -0.2) is 23.7 Å². The van der Waals surface area contributed by atoms with Gasteiger partial charge in [-0.3, -0.25) is 4.79 Å². The number of carbonyl (C=O) groups excluding carboxylic acids is 1. The molecule has 0 aromatic carbocycles. The zero-order valence-electron chi connectivity index (χ0n) is 6.09. The molecule has 2 N–H and O–H groups in total. The van der Waals surface area contributed by atoms with Crippen LogP contribution in [0.5, 0.6) is 0 Å². The van der Waals surface area contributed by atoms with Gasteiger partial charge < -0.3 is 15.2 Å². The normalized spacial score (nSPS) is 8.45. The van der Waals surface area contributed by atoms with Crippen molar-refractivity contribution >= 4 is 12.1 Å². The summed E-state index contributed by atoms with van der Waals surface area (Å²) < 4.78 is 4.39. The summed E-state index contributed by atoms with van der Waals surface area (Å²) in [6, 6.07) is 0. The molecule has 0 saturated heterocycles. The van der Waals surface area contributed by atoms with E-state index in [1.54, 1.807) is 0 Å². The van der Waals surface area contributed by atoms with Crippen molar-refractivity contribution in [2.24, 2.45) is 0 Å². The Morgan fingerprint density at radius 3 is 2.55 bits per heavy atom. The Balaban J connectivity index is 3.53. The van der Waals surface area contributed by atoms with Crippen LogP contribution in [0.25, 0.3) is 0 Å². The first kappa shape index (κ1) is 9.48. The maximum atomic E-state index is 10.5. The van der Waals surface area contributed by atoms with E-state index in [0.717, 1.165) is 0 Å². The third kappa shape index (κ3) is 6.36. The number of alkyl carbamates (subject to hydrolysis) is 1. The number of hydrogen-bond donors (Lipinski definition) is 2. The van der Waals surface area contributed by atoms with Gasteiger partial charge in [-0.1, -0.05) is 6.58 Å². The Labute approximate surface area is 63.7 Å². The number of rotatable bonds is 3. The lowest BCUT2D eigenvalue weighted by Crippen LogP contribution is -2.29. The van der Waals surface area contributed by atoms with Gasteiger partial charge in [0.15, 0.2) is 0 Å². The van der Waals surface area contributed by atoms with Crippen LogP contribution in [0.1, 0.15) is 6.92 Å². The van der Waals surface area contributed by atoms with Crippen LogP contribution in [0.4, 0.5) is 4.79 Å². The molecule has 0 atom stereocenters. The predicted octanol–water partition coefficient (Wildman–Crippen LogP) is 0.331. The SMILES string of the molecule is C=C(C)OC(=O)NCC(=O)O. The molecule has 0 radical (unpaired) electrons. The van der Waals surface area contributed by atoms with Gasteiger partial charge in [-0.2, -0.15) is 0 Å². The molecule has 0 spiro atoms. The summed E-state index contributed by atoms with van der Waals surface area (Å²) in [7, 11) is 0. The number of amides is 1. The fourth-order valence-electron chi connectivity index (χ4n) is 0.342. The number of nitrogens with one attached hydrogen (secondary N) is 1. The minimum Gasteiger partial charge on any atom is -0.480 e. The number of aliphatic carboxylic acids is 1. The fraction of sp³-hybridized carbons (Fsp3) is 0.333. The summed E-state index contributed by atoms with van der Waals surface area (Å²) in [4.78, 5) is 20.4. The maximum absolute atomic E-state index is 10.5. The fourth-order valence-corrected chi connectivity index (χ4v) is 0.342. The quantitative estimate of drug-likeness (QED) is 0.582. The minimum atomic E-state index is -1.12. The molecule has 0 saturated carbocycles. The standard InChI is InChI=1S/C6H9NO4/c1-4(2)11-6(10)7-3-5(8)9/h1,3H2,2H3,(H,7,10)(H,8,9). The molecule has 0 aliphatic carbocycles. The lowest BCUT2D eigenvalue weighted by molar-refractivity contribution is -0.135. The van der Waals surface area contributed by atoms with Crippen molar-refractivity contribution in [2.45, 2.75) is 6.92 Å². The van der Waals surface area contributed by atoms with E-state index in [1.807, 2.05) is 5.32 Å². The van der Waals surface area contributed by atoms with Crippen LogP contribution < -0.4 is 5.32 Å². The van der Waals surface area contributed by atoms with Gasteiger partial charge in [0.2, 0.25) is 0 Å². The molecule has 0 rings (SSSR count). The van der Waals surface area contributed by atoms with Gasteiger partial charge in [0.05, 0.1) is 5.76 Å². The average Bonchev–Trinajstić information content (AvgIpc) is 1.82. The molecule has 1 amide bonds. The van der Waals surface area contributed by atoms with Crippen LogP contribution in [0.2, 0.25) is 0 Å². The Kier molecular flexibility index (Phi) is 3.72. The molecule has 5 heteroatoms. The highest BCUT2D eigenvalue weighted by molar-refractivity contribution is 5.76. The maximum Gasteiger partial charge on any atom is 0.412 e. The number of carboxylic acids is 1. The molecule has 0 aromatic rings. The second-order valence-corrected chi connectivity index (χ2v) is 1.84. The molecule has 5 nitrogen and oxygen atoms in total. The van der Waals surface area contributed by atoms with Crippen molar-refractivity contribution in [3.63, 3.8) is 0 Å². The number of carboxylic acid groups (broad SMARTS) is 1. The van der Waals surface area contributed by atoms with Gasteiger partial charge in [0, 0.05) is 0 Å². The Bertz CT molecular complexity index is 187. The summed E-state index contributed by atoms with van der Waals surface area (Å²) in [5.74, 6) is -0.906. The average molecular weight is 159 g/mol. The summed E-state index contributed by atoms with van der Waals surface area (Å²) >= 11 is 0. The minimum absolute atomic E-state index is 0.216. The van der Waals surface area contributed by atoms with E-state index in [4.69, 9.17) is 5.11 Å². The number of carbonyl (C=O) groups is 2. The van der Waals surface area contributed by atoms with Crippen LogP contribution in [-0.2, 0) is 9.53 Å². The van der Waals surface area contributed by atoms with E-state index in [1.165, 1.54) is 6.92 Å². The number of hydrogen-bond acceptors (Lipinski definition) is 3. The lowest BCUT2D eigenvalue weighted by Gasteiger charge is -2.02. The van der Waals surface area contributed by atoms with Gasteiger partial charge >= 0.3 is 12.1 Å². The van der Waals surface area contributed by atoms with Crippen molar-refractivity contribution in [3.8, 4) is 0 Å². The molecule has 0 heterocycles.